The van der Waals surface area contributed by atoms with E-state index in [0.29, 0.717) is 13.2 Å². The Morgan fingerprint density at radius 2 is 2.00 bits per heavy atom. The van der Waals surface area contributed by atoms with E-state index in [4.69, 9.17) is 9.47 Å². The van der Waals surface area contributed by atoms with Gasteiger partial charge in [0.15, 0.2) is 11.5 Å². The van der Waals surface area contributed by atoms with Crippen LogP contribution in [0.5, 0.6) is 11.5 Å². The number of ether oxygens (including phenoxy) is 2. The van der Waals surface area contributed by atoms with Gasteiger partial charge in [-0.1, -0.05) is 34.1 Å². The molecule has 0 radical (unpaired) electrons. The summed E-state index contributed by atoms with van der Waals surface area (Å²) in [5.41, 5.74) is 1.13. The molecule has 0 spiro atoms. The van der Waals surface area contributed by atoms with Gasteiger partial charge in [0.05, 0.1) is 0 Å². The van der Waals surface area contributed by atoms with Crippen LogP contribution < -0.4 is 9.47 Å². The predicted molar refractivity (Wildman–Crippen MR) is 60.3 cm³/mol. The summed E-state index contributed by atoms with van der Waals surface area (Å²) in [6.45, 7) is 1.28. The standard InChI is InChI=1S/C11H11BrO2/c12-5-1-2-9-3-4-10-11(8-9)14-7-6-13-10/h1-4,8H,5-7H2. The predicted octanol–water partition coefficient (Wildman–Crippen LogP) is 2.87. The average Bonchev–Trinajstić information content (AvgIpc) is 2.26. The Kier molecular flexibility index (Phi) is 3.09. The van der Waals surface area contributed by atoms with Crippen molar-refractivity contribution in [3.05, 3.63) is 29.8 Å². The lowest BCUT2D eigenvalue weighted by molar-refractivity contribution is 0.171. The Labute approximate surface area is 91.7 Å². The average molecular weight is 255 g/mol. The molecule has 0 saturated carbocycles. The van der Waals surface area contributed by atoms with Gasteiger partial charge in [-0.05, 0) is 17.7 Å². The van der Waals surface area contributed by atoms with Crippen LogP contribution in [0, 0.1) is 0 Å². The second kappa shape index (κ2) is 4.51. The number of benzene rings is 1. The van der Waals surface area contributed by atoms with E-state index in [9.17, 15) is 0 Å². The van der Waals surface area contributed by atoms with Crippen LogP contribution >= 0.6 is 15.9 Å². The van der Waals surface area contributed by atoms with Crippen molar-refractivity contribution in [2.75, 3.05) is 18.5 Å². The number of hydrogen-bond donors (Lipinski definition) is 0. The van der Waals surface area contributed by atoms with Crippen molar-refractivity contribution < 1.29 is 9.47 Å². The molecular weight excluding hydrogens is 244 g/mol. The Morgan fingerprint density at radius 3 is 2.79 bits per heavy atom. The van der Waals surface area contributed by atoms with E-state index in [0.717, 1.165) is 22.4 Å². The minimum absolute atomic E-state index is 0.638. The van der Waals surface area contributed by atoms with Crippen LogP contribution in [0.3, 0.4) is 0 Å². The summed E-state index contributed by atoms with van der Waals surface area (Å²) in [4.78, 5) is 0. The number of halogens is 1. The maximum Gasteiger partial charge on any atom is 0.161 e. The lowest BCUT2D eigenvalue weighted by atomic mass is 10.2. The molecule has 1 heterocycles. The molecule has 2 nitrogen and oxygen atoms in total. The van der Waals surface area contributed by atoms with Gasteiger partial charge in [-0.25, -0.2) is 0 Å². The quantitative estimate of drug-likeness (QED) is 0.756. The molecule has 0 fully saturated rings. The third-order valence-electron chi connectivity index (χ3n) is 1.97. The van der Waals surface area contributed by atoms with Crippen molar-refractivity contribution in [1.82, 2.24) is 0 Å². The van der Waals surface area contributed by atoms with Crippen molar-refractivity contribution in [3.8, 4) is 11.5 Å². The first-order valence-electron chi connectivity index (χ1n) is 4.52. The molecule has 1 aliphatic rings. The van der Waals surface area contributed by atoms with E-state index in [-0.39, 0.29) is 0 Å². The second-order valence-electron chi connectivity index (χ2n) is 2.96. The van der Waals surface area contributed by atoms with Crippen LogP contribution in [0.25, 0.3) is 6.08 Å². The van der Waals surface area contributed by atoms with Crippen LogP contribution in [-0.2, 0) is 0 Å². The van der Waals surface area contributed by atoms with Gasteiger partial charge < -0.3 is 9.47 Å². The molecule has 0 aromatic heterocycles. The number of hydrogen-bond acceptors (Lipinski definition) is 2. The number of allylic oxidation sites excluding steroid dienone is 1. The maximum atomic E-state index is 5.47. The summed E-state index contributed by atoms with van der Waals surface area (Å²) >= 11 is 3.34. The van der Waals surface area contributed by atoms with Gasteiger partial charge in [0.2, 0.25) is 0 Å². The van der Waals surface area contributed by atoms with Gasteiger partial charge in [-0.15, -0.1) is 0 Å². The lowest BCUT2D eigenvalue weighted by Crippen LogP contribution is -2.15. The third-order valence-corrected chi connectivity index (χ3v) is 2.34. The van der Waals surface area contributed by atoms with Crippen LogP contribution in [0.2, 0.25) is 0 Å². The van der Waals surface area contributed by atoms with E-state index >= 15 is 0 Å². The topological polar surface area (TPSA) is 18.5 Å². The van der Waals surface area contributed by atoms with E-state index in [1.807, 2.05) is 30.4 Å². The van der Waals surface area contributed by atoms with Crippen LogP contribution in [0.1, 0.15) is 5.56 Å². The van der Waals surface area contributed by atoms with Crippen molar-refractivity contribution >= 4 is 22.0 Å². The van der Waals surface area contributed by atoms with Crippen LogP contribution in [-0.4, -0.2) is 18.5 Å². The van der Waals surface area contributed by atoms with E-state index in [1.54, 1.807) is 0 Å². The zero-order valence-electron chi connectivity index (χ0n) is 7.70. The monoisotopic (exact) mass is 254 g/mol. The number of alkyl halides is 1. The molecule has 0 atom stereocenters. The first-order chi connectivity index (χ1) is 6.90. The molecule has 74 valence electrons. The van der Waals surface area contributed by atoms with Gasteiger partial charge in [-0.2, -0.15) is 0 Å². The summed E-state index contributed by atoms with van der Waals surface area (Å²) in [5.74, 6) is 1.68. The molecule has 14 heavy (non-hydrogen) atoms. The van der Waals surface area contributed by atoms with Crippen LogP contribution in [0.15, 0.2) is 24.3 Å². The Morgan fingerprint density at radius 1 is 1.21 bits per heavy atom. The van der Waals surface area contributed by atoms with Gasteiger partial charge >= 0.3 is 0 Å². The van der Waals surface area contributed by atoms with Crippen molar-refractivity contribution in [2.45, 2.75) is 0 Å². The Bertz CT molecular complexity index is 347. The normalized spacial score (nSPS) is 14.6. The highest BCUT2D eigenvalue weighted by molar-refractivity contribution is 9.09. The van der Waals surface area contributed by atoms with Crippen molar-refractivity contribution in [2.24, 2.45) is 0 Å². The van der Waals surface area contributed by atoms with Gasteiger partial charge in [0.1, 0.15) is 13.2 Å². The SMILES string of the molecule is BrCC=Cc1ccc2c(c1)OCCO2. The molecule has 0 aliphatic carbocycles. The lowest BCUT2D eigenvalue weighted by Gasteiger charge is -2.18. The van der Waals surface area contributed by atoms with Gasteiger partial charge in [0.25, 0.3) is 0 Å². The van der Waals surface area contributed by atoms with Crippen LogP contribution in [0.4, 0.5) is 0 Å². The summed E-state index contributed by atoms with van der Waals surface area (Å²) in [7, 11) is 0. The van der Waals surface area contributed by atoms with E-state index < -0.39 is 0 Å². The molecule has 2 rings (SSSR count). The summed E-state index contributed by atoms with van der Waals surface area (Å²) in [6, 6.07) is 5.96. The molecule has 3 heteroatoms. The molecule has 0 amide bonds. The number of fused-ring (bicyclic) bond motifs is 1. The highest BCUT2D eigenvalue weighted by Gasteiger charge is 2.10. The molecule has 1 aromatic rings. The molecule has 0 bridgehead atoms. The third kappa shape index (κ3) is 2.10. The maximum absolute atomic E-state index is 5.47. The fourth-order valence-corrected chi connectivity index (χ4v) is 1.53. The Hall–Kier alpha value is -0.960. The van der Waals surface area contributed by atoms with E-state index in [2.05, 4.69) is 15.9 Å². The largest absolute Gasteiger partial charge is 0.486 e. The fourth-order valence-electron chi connectivity index (χ4n) is 1.34. The highest BCUT2D eigenvalue weighted by Crippen LogP contribution is 2.30. The van der Waals surface area contributed by atoms with Gasteiger partial charge in [-0.3, -0.25) is 0 Å². The molecule has 0 unspecified atom stereocenters. The minimum atomic E-state index is 0.638. The second-order valence-corrected chi connectivity index (χ2v) is 3.61. The summed E-state index contributed by atoms with van der Waals surface area (Å²) in [6.07, 6.45) is 4.10. The summed E-state index contributed by atoms with van der Waals surface area (Å²) in [5, 5.41) is 0.863. The molecule has 1 aromatic carbocycles. The molecule has 1 aliphatic heterocycles. The Balaban J connectivity index is 2.24. The minimum Gasteiger partial charge on any atom is -0.486 e. The van der Waals surface area contributed by atoms with Crippen molar-refractivity contribution in [3.63, 3.8) is 0 Å². The molecule has 0 saturated heterocycles. The smallest absolute Gasteiger partial charge is 0.161 e. The first-order valence-corrected chi connectivity index (χ1v) is 5.64. The molecular formula is C11H11BrO2. The van der Waals surface area contributed by atoms with Gasteiger partial charge in [0, 0.05) is 5.33 Å². The number of rotatable bonds is 2. The highest BCUT2D eigenvalue weighted by atomic mass is 79.9. The fraction of sp³-hybridized carbons (Fsp3) is 0.273. The zero-order chi connectivity index (χ0) is 9.80. The summed E-state index contributed by atoms with van der Waals surface area (Å²) < 4.78 is 10.9. The zero-order valence-corrected chi connectivity index (χ0v) is 9.29. The first kappa shape index (κ1) is 9.59. The molecule has 0 N–H and O–H groups in total. The van der Waals surface area contributed by atoms with E-state index in [1.165, 1.54) is 0 Å². The van der Waals surface area contributed by atoms with Crippen molar-refractivity contribution in [1.29, 1.82) is 0 Å².